The molecule has 27 heavy (non-hydrogen) atoms. The second kappa shape index (κ2) is 9.84. The SMILES string of the molecule is COc1cc(C)c([C@@H](C)NC(=O)[C@H](C)SCc2ccccc2)cc1C(C)C. The maximum atomic E-state index is 12.6. The molecule has 146 valence electrons. The van der Waals surface area contributed by atoms with Crippen molar-refractivity contribution in [3.05, 3.63) is 64.7 Å². The van der Waals surface area contributed by atoms with E-state index in [0.717, 1.165) is 22.6 Å². The Kier molecular flexibility index (Phi) is 7.78. The Hall–Kier alpha value is -1.94. The van der Waals surface area contributed by atoms with Crippen LogP contribution >= 0.6 is 11.8 Å². The number of carbonyl (C=O) groups excluding carboxylic acids is 1. The second-order valence-electron chi connectivity index (χ2n) is 7.27. The maximum absolute atomic E-state index is 12.6. The van der Waals surface area contributed by atoms with Crippen LogP contribution in [0.25, 0.3) is 0 Å². The number of nitrogens with one attached hydrogen (secondary N) is 1. The predicted molar refractivity (Wildman–Crippen MR) is 116 cm³/mol. The highest BCUT2D eigenvalue weighted by molar-refractivity contribution is 7.99. The first-order valence-electron chi connectivity index (χ1n) is 9.47. The van der Waals surface area contributed by atoms with Gasteiger partial charge in [-0.15, -0.1) is 11.8 Å². The van der Waals surface area contributed by atoms with E-state index in [1.54, 1.807) is 18.9 Å². The van der Waals surface area contributed by atoms with Gasteiger partial charge in [0.2, 0.25) is 5.91 Å². The molecule has 2 atom stereocenters. The fraction of sp³-hybridized carbons (Fsp3) is 0.435. The summed E-state index contributed by atoms with van der Waals surface area (Å²) < 4.78 is 5.52. The molecule has 0 unspecified atom stereocenters. The quantitative estimate of drug-likeness (QED) is 0.640. The molecule has 4 heteroatoms. The van der Waals surface area contributed by atoms with E-state index in [4.69, 9.17) is 4.74 Å². The Morgan fingerprint density at radius 3 is 2.33 bits per heavy atom. The Morgan fingerprint density at radius 2 is 1.74 bits per heavy atom. The minimum Gasteiger partial charge on any atom is -0.496 e. The minimum absolute atomic E-state index is 0.0410. The molecule has 0 fully saturated rings. The zero-order chi connectivity index (χ0) is 20.0. The lowest BCUT2D eigenvalue weighted by Gasteiger charge is -2.22. The summed E-state index contributed by atoms with van der Waals surface area (Å²) in [4.78, 5) is 12.6. The van der Waals surface area contributed by atoms with Crippen molar-refractivity contribution >= 4 is 17.7 Å². The van der Waals surface area contributed by atoms with Gasteiger partial charge in [-0.1, -0.05) is 44.2 Å². The van der Waals surface area contributed by atoms with Gasteiger partial charge in [-0.3, -0.25) is 4.79 Å². The fourth-order valence-electron chi connectivity index (χ4n) is 3.09. The van der Waals surface area contributed by atoms with Gasteiger partial charge in [0.05, 0.1) is 18.4 Å². The first-order valence-corrected chi connectivity index (χ1v) is 10.5. The van der Waals surface area contributed by atoms with Gasteiger partial charge < -0.3 is 10.1 Å². The normalized spacial score (nSPS) is 13.3. The van der Waals surface area contributed by atoms with Gasteiger partial charge in [0.15, 0.2) is 0 Å². The third-order valence-corrected chi connectivity index (χ3v) is 5.99. The molecule has 1 amide bonds. The highest BCUT2D eigenvalue weighted by Gasteiger charge is 2.20. The summed E-state index contributed by atoms with van der Waals surface area (Å²) in [6.45, 7) is 10.4. The second-order valence-corrected chi connectivity index (χ2v) is 8.60. The number of hydrogen-bond acceptors (Lipinski definition) is 3. The van der Waals surface area contributed by atoms with Gasteiger partial charge in [-0.25, -0.2) is 0 Å². The zero-order valence-electron chi connectivity index (χ0n) is 17.2. The van der Waals surface area contributed by atoms with Crippen molar-refractivity contribution in [2.75, 3.05) is 7.11 Å². The molecule has 0 bridgehead atoms. The highest BCUT2D eigenvalue weighted by atomic mass is 32.2. The molecular weight excluding hydrogens is 354 g/mol. The molecule has 0 heterocycles. The Balaban J connectivity index is 2.04. The summed E-state index contributed by atoms with van der Waals surface area (Å²) in [7, 11) is 1.71. The van der Waals surface area contributed by atoms with Gasteiger partial charge in [-0.05, 0) is 61.1 Å². The van der Waals surface area contributed by atoms with Gasteiger partial charge in [0.25, 0.3) is 0 Å². The molecule has 2 aromatic rings. The lowest BCUT2D eigenvalue weighted by Crippen LogP contribution is -2.33. The van der Waals surface area contributed by atoms with E-state index in [1.807, 2.05) is 32.0 Å². The summed E-state index contributed by atoms with van der Waals surface area (Å²) in [6, 6.07) is 14.5. The monoisotopic (exact) mass is 385 g/mol. The number of thioether (sulfide) groups is 1. The summed E-state index contributed by atoms with van der Waals surface area (Å²) in [6.07, 6.45) is 0. The first kappa shape index (κ1) is 21.4. The molecule has 0 aliphatic heterocycles. The van der Waals surface area contributed by atoms with Gasteiger partial charge >= 0.3 is 0 Å². The van der Waals surface area contributed by atoms with Gasteiger partial charge in [-0.2, -0.15) is 0 Å². The third-order valence-electron chi connectivity index (χ3n) is 4.78. The van der Waals surface area contributed by atoms with Crippen LogP contribution in [-0.2, 0) is 10.5 Å². The van der Waals surface area contributed by atoms with Gasteiger partial charge in [0.1, 0.15) is 5.75 Å². The number of aryl methyl sites for hydroxylation is 1. The fourth-order valence-corrected chi connectivity index (χ4v) is 3.94. The Morgan fingerprint density at radius 1 is 1.07 bits per heavy atom. The summed E-state index contributed by atoms with van der Waals surface area (Å²) in [5, 5.41) is 3.07. The average molecular weight is 386 g/mol. The van der Waals surface area contributed by atoms with Crippen molar-refractivity contribution in [2.45, 2.75) is 57.6 Å². The summed E-state index contributed by atoms with van der Waals surface area (Å²) in [5.74, 6) is 2.19. The minimum atomic E-state index is -0.101. The number of rotatable bonds is 8. The molecule has 2 rings (SSSR count). The van der Waals surface area contributed by atoms with Crippen LogP contribution in [-0.4, -0.2) is 18.3 Å². The van der Waals surface area contributed by atoms with E-state index in [2.05, 4.69) is 50.4 Å². The lowest BCUT2D eigenvalue weighted by atomic mass is 9.93. The first-order chi connectivity index (χ1) is 12.8. The smallest absolute Gasteiger partial charge is 0.233 e. The Bertz CT molecular complexity index is 758. The number of benzene rings is 2. The molecule has 1 N–H and O–H groups in total. The van der Waals surface area contributed by atoms with E-state index in [9.17, 15) is 4.79 Å². The van der Waals surface area contributed by atoms with Crippen molar-refractivity contribution in [3.8, 4) is 5.75 Å². The average Bonchev–Trinajstić information content (AvgIpc) is 2.66. The van der Waals surface area contributed by atoms with Crippen LogP contribution in [0.4, 0.5) is 0 Å². The molecule has 0 saturated carbocycles. The molecular formula is C23H31NO2S. The van der Waals surface area contributed by atoms with Crippen molar-refractivity contribution in [2.24, 2.45) is 0 Å². The summed E-state index contributed by atoms with van der Waals surface area (Å²) >= 11 is 1.66. The topological polar surface area (TPSA) is 38.3 Å². The number of carbonyl (C=O) groups is 1. The van der Waals surface area contributed by atoms with Crippen LogP contribution in [0.1, 0.15) is 61.9 Å². The number of hydrogen-bond donors (Lipinski definition) is 1. The van der Waals surface area contributed by atoms with E-state index in [0.29, 0.717) is 5.92 Å². The van der Waals surface area contributed by atoms with E-state index < -0.39 is 0 Å². The molecule has 3 nitrogen and oxygen atoms in total. The zero-order valence-corrected chi connectivity index (χ0v) is 18.0. The number of amides is 1. The van der Waals surface area contributed by atoms with Crippen molar-refractivity contribution in [3.63, 3.8) is 0 Å². The lowest BCUT2D eigenvalue weighted by molar-refractivity contribution is -0.120. The predicted octanol–water partition coefficient (Wildman–Crippen LogP) is 5.63. The van der Waals surface area contributed by atoms with Crippen LogP contribution in [0.2, 0.25) is 0 Å². The van der Waals surface area contributed by atoms with Crippen LogP contribution in [0.5, 0.6) is 5.75 Å². The molecule has 0 radical (unpaired) electrons. The largest absolute Gasteiger partial charge is 0.496 e. The number of ether oxygens (including phenoxy) is 1. The van der Waals surface area contributed by atoms with Crippen LogP contribution in [0.3, 0.4) is 0 Å². The standard InChI is InChI=1S/C23H31NO2S/c1-15(2)20-13-21(16(3)12-22(20)26-6)17(4)24-23(25)18(5)27-14-19-10-8-7-9-11-19/h7-13,15,17-18H,14H2,1-6H3,(H,24,25)/t17-,18+/m1/s1. The van der Waals surface area contributed by atoms with E-state index in [-0.39, 0.29) is 17.2 Å². The van der Waals surface area contributed by atoms with E-state index in [1.165, 1.54) is 11.1 Å². The van der Waals surface area contributed by atoms with Crippen LogP contribution in [0.15, 0.2) is 42.5 Å². The van der Waals surface area contributed by atoms with Crippen molar-refractivity contribution in [1.29, 1.82) is 0 Å². The molecule has 0 saturated heterocycles. The highest BCUT2D eigenvalue weighted by Crippen LogP contribution is 2.32. The number of methoxy groups -OCH3 is 1. The third kappa shape index (κ3) is 5.77. The molecule has 0 aromatic heterocycles. The van der Waals surface area contributed by atoms with E-state index >= 15 is 0 Å². The van der Waals surface area contributed by atoms with Crippen LogP contribution < -0.4 is 10.1 Å². The van der Waals surface area contributed by atoms with Crippen molar-refractivity contribution < 1.29 is 9.53 Å². The molecule has 0 aliphatic rings. The molecule has 0 spiro atoms. The van der Waals surface area contributed by atoms with Crippen LogP contribution in [0, 0.1) is 6.92 Å². The molecule has 0 aliphatic carbocycles. The molecule has 2 aromatic carbocycles. The maximum Gasteiger partial charge on any atom is 0.233 e. The van der Waals surface area contributed by atoms with Gasteiger partial charge in [0, 0.05) is 5.75 Å². The Labute approximate surface area is 167 Å². The van der Waals surface area contributed by atoms with Crippen molar-refractivity contribution in [1.82, 2.24) is 5.32 Å². The summed E-state index contributed by atoms with van der Waals surface area (Å²) in [5.41, 5.74) is 4.69.